The first kappa shape index (κ1) is 10.3. The summed E-state index contributed by atoms with van der Waals surface area (Å²) in [5, 5.41) is 11.5. The first-order valence-electron chi connectivity index (χ1n) is 6.01. The predicted octanol–water partition coefficient (Wildman–Crippen LogP) is 1.78. The molecule has 1 N–H and O–H groups in total. The molecular weight excluding hydrogens is 212 g/mol. The van der Waals surface area contributed by atoms with Crippen molar-refractivity contribution in [2.75, 3.05) is 5.32 Å². The summed E-state index contributed by atoms with van der Waals surface area (Å²) in [6.07, 6.45) is 5.15. The Morgan fingerprint density at radius 3 is 3.12 bits per heavy atom. The predicted molar refractivity (Wildman–Crippen MR) is 66.9 cm³/mol. The molecule has 1 aliphatic rings. The van der Waals surface area contributed by atoms with E-state index in [2.05, 4.69) is 39.9 Å². The summed E-state index contributed by atoms with van der Waals surface area (Å²) in [6, 6.07) is 9.03. The highest BCUT2D eigenvalue weighted by Gasteiger charge is 2.18. The smallest absolute Gasteiger partial charge is 0.0725 e. The van der Waals surface area contributed by atoms with E-state index in [0.29, 0.717) is 6.04 Å². The summed E-state index contributed by atoms with van der Waals surface area (Å²) >= 11 is 0. The van der Waals surface area contributed by atoms with Gasteiger partial charge in [0.15, 0.2) is 0 Å². The summed E-state index contributed by atoms with van der Waals surface area (Å²) < 4.78 is 1.85. The van der Waals surface area contributed by atoms with Crippen molar-refractivity contribution in [2.45, 2.75) is 25.3 Å². The second-order valence-corrected chi connectivity index (χ2v) is 4.59. The minimum absolute atomic E-state index is 0.488. The molecule has 0 aliphatic carbocycles. The number of hydrogen-bond acceptors (Lipinski definition) is 3. The normalized spacial score (nSPS) is 18.5. The van der Waals surface area contributed by atoms with Crippen molar-refractivity contribution in [1.82, 2.24) is 15.0 Å². The fourth-order valence-electron chi connectivity index (χ4n) is 2.40. The molecule has 2 aromatic rings. The third-order valence-corrected chi connectivity index (χ3v) is 3.40. The fraction of sp³-hybridized carbons (Fsp3) is 0.385. The molecule has 0 spiro atoms. The number of fused-ring (bicyclic) bond motifs is 1. The zero-order chi connectivity index (χ0) is 11.7. The van der Waals surface area contributed by atoms with Crippen LogP contribution in [-0.2, 0) is 19.9 Å². The fourth-order valence-corrected chi connectivity index (χ4v) is 2.40. The van der Waals surface area contributed by atoms with Crippen LogP contribution in [0.4, 0.5) is 5.69 Å². The second kappa shape index (κ2) is 4.20. The minimum Gasteiger partial charge on any atom is -0.382 e. The molecule has 4 nitrogen and oxygen atoms in total. The van der Waals surface area contributed by atoms with E-state index in [-0.39, 0.29) is 0 Å². The molecule has 88 valence electrons. The van der Waals surface area contributed by atoms with Gasteiger partial charge in [-0.3, -0.25) is 4.68 Å². The Kier molecular flexibility index (Phi) is 2.55. The van der Waals surface area contributed by atoms with Gasteiger partial charge in [0.1, 0.15) is 0 Å². The molecular formula is C13H16N4. The van der Waals surface area contributed by atoms with E-state index < -0.39 is 0 Å². The molecule has 0 bridgehead atoms. The Labute approximate surface area is 101 Å². The van der Waals surface area contributed by atoms with Gasteiger partial charge in [-0.15, -0.1) is 5.10 Å². The van der Waals surface area contributed by atoms with Crippen molar-refractivity contribution in [2.24, 2.45) is 7.05 Å². The van der Waals surface area contributed by atoms with E-state index in [0.717, 1.165) is 12.8 Å². The third kappa shape index (κ3) is 2.02. The highest BCUT2D eigenvalue weighted by Crippen LogP contribution is 2.25. The Morgan fingerprint density at radius 1 is 1.41 bits per heavy atom. The van der Waals surface area contributed by atoms with Crippen molar-refractivity contribution < 1.29 is 0 Å². The first-order chi connectivity index (χ1) is 8.33. The molecule has 0 saturated carbocycles. The number of para-hydroxylation sites is 1. The number of nitrogens with zero attached hydrogens (tertiary/aromatic N) is 3. The summed E-state index contributed by atoms with van der Waals surface area (Å²) in [5.74, 6) is 0. The first-order valence-corrected chi connectivity index (χ1v) is 6.01. The van der Waals surface area contributed by atoms with E-state index in [1.165, 1.54) is 23.4 Å². The molecule has 3 rings (SSSR count). The largest absolute Gasteiger partial charge is 0.382 e. The SMILES string of the molecule is Cn1nncc1CC1CCc2ccccc2N1. The number of rotatable bonds is 2. The standard InChI is InChI=1S/C13H16N4/c1-17-12(9-14-16-17)8-11-7-6-10-4-2-3-5-13(10)15-11/h2-5,9,11,15H,6-8H2,1H3. The number of aryl methyl sites for hydroxylation is 2. The quantitative estimate of drug-likeness (QED) is 0.852. The lowest BCUT2D eigenvalue weighted by molar-refractivity contribution is 0.589. The van der Waals surface area contributed by atoms with Crippen LogP contribution in [0.5, 0.6) is 0 Å². The van der Waals surface area contributed by atoms with Gasteiger partial charge in [-0.25, -0.2) is 0 Å². The topological polar surface area (TPSA) is 42.7 Å². The molecule has 1 atom stereocenters. The zero-order valence-corrected chi connectivity index (χ0v) is 9.93. The highest BCUT2D eigenvalue weighted by atomic mass is 15.4. The monoisotopic (exact) mass is 228 g/mol. The molecule has 0 saturated heterocycles. The molecule has 0 radical (unpaired) electrons. The Balaban J connectivity index is 1.74. The van der Waals surface area contributed by atoms with E-state index in [1.807, 2.05) is 17.9 Å². The van der Waals surface area contributed by atoms with Gasteiger partial charge in [-0.1, -0.05) is 23.4 Å². The van der Waals surface area contributed by atoms with Crippen LogP contribution in [0.2, 0.25) is 0 Å². The van der Waals surface area contributed by atoms with Crippen molar-refractivity contribution in [3.63, 3.8) is 0 Å². The van der Waals surface area contributed by atoms with Gasteiger partial charge in [0.25, 0.3) is 0 Å². The molecule has 17 heavy (non-hydrogen) atoms. The number of nitrogens with one attached hydrogen (secondary N) is 1. The van der Waals surface area contributed by atoms with Gasteiger partial charge in [0.2, 0.25) is 0 Å². The molecule has 1 aliphatic heterocycles. The van der Waals surface area contributed by atoms with Crippen LogP contribution in [0, 0.1) is 0 Å². The second-order valence-electron chi connectivity index (χ2n) is 4.59. The van der Waals surface area contributed by atoms with Gasteiger partial charge in [0.05, 0.1) is 11.9 Å². The van der Waals surface area contributed by atoms with Crippen LogP contribution < -0.4 is 5.32 Å². The van der Waals surface area contributed by atoms with Crippen molar-refractivity contribution >= 4 is 5.69 Å². The van der Waals surface area contributed by atoms with Gasteiger partial charge in [-0.05, 0) is 24.5 Å². The van der Waals surface area contributed by atoms with Crippen LogP contribution in [0.15, 0.2) is 30.5 Å². The van der Waals surface area contributed by atoms with E-state index in [9.17, 15) is 0 Å². The average Bonchev–Trinajstić information content (AvgIpc) is 2.75. The molecule has 2 heterocycles. The Morgan fingerprint density at radius 2 is 2.29 bits per heavy atom. The van der Waals surface area contributed by atoms with E-state index in [1.54, 1.807) is 0 Å². The molecule has 1 unspecified atom stereocenters. The molecule has 1 aromatic carbocycles. The Hall–Kier alpha value is -1.84. The van der Waals surface area contributed by atoms with Crippen LogP contribution >= 0.6 is 0 Å². The lowest BCUT2D eigenvalue weighted by Crippen LogP contribution is -2.28. The van der Waals surface area contributed by atoms with Crippen LogP contribution in [0.1, 0.15) is 17.7 Å². The number of benzene rings is 1. The molecule has 0 fully saturated rings. The average molecular weight is 228 g/mol. The van der Waals surface area contributed by atoms with Gasteiger partial charge in [0, 0.05) is 25.2 Å². The Bertz CT molecular complexity index is 518. The van der Waals surface area contributed by atoms with E-state index in [4.69, 9.17) is 0 Å². The number of anilines is 1. The van der Waals surface area contributed by atoms with Gasteiger partial charge in [-0.2, -0.15) is 0 Å². The van der Waals surface area contributed by atoms with Crippen LogP contribution in [0.3, 0.4) is 0 Å². The van der Waals surface area contributed by atoms with Crippen LogP contribution in [-0.4, -0.2) is 21.0 Å². The van der Waals surface area contributed by atoms with Crippen LogP contribution in [0.25, 0.3) is 0 Å². The maximum absolute atomic E-state index is 3.97. The molecule has 1 aromatic heterocycles. The number of aromatic nitrogens is 3. The summed E-state index contributed by atoms with van der Waals surface area (Å²) in [5.41, 5.74) is 3.88. The summed E-state index contributed by atoms with van der Waals surface area (Å²) in [4.78, 5) is 0. The van der Waals surface area contributed by atoms with Crippen molar-refractivity contribution in [3.8, 4) is 0 Å². The zero-order valence-electron chi connectivity index (χ0n) is 9.93. The lowest BCUT2D eigenvalue weighted by atomic mass is 9.95. The van der Waals surface area contributed by atoms with Gasteiger partial charge < -0.3 is 5.32 Å². The maximum atomic E-state index is 3.97. The summed E-state index contributed by atoms with van der Waals surface area (Å²) in [7, 11) is 1.94. The highest BCUT2D eigenvalue weighted by molar-refractivity contribution is 5.53. The van der Waals surface area contributed by atoms with Crippen molar-refractivity contribution in [1.29, 1.82) is 0 Å². The molecule has 0 amide bonds. The van der Waals surface area contributed by atoms with E-state index >= 15 is 0 Å². The maximum Gasteiger partial charge on any atom is 0.0725 e. The molecule has 4 heteroatoms. The summed E-state index contributed by atoms with van der Waals surface area (Å²) in [6.45, 7) is 0. The van der Waals surface area contributed by atoms with Crippen molar-refractivity contribution in [3.05, 3.63) is 41.7 Å². The lowest BCUT2D eigenvalue weighted by Gasteiger charge is -2.26. The number of hydrogen-bond donors (Lipinski definition) is 1. The van der Waals surface area contributed by atoms with Gasteiger partial charge >= 0.3 is 0 Å². The minimum atomic E-state index is 0.488. The third-order valence-electron chi connectivity index (χ3n) is 3.40.